The average molecular weight is 328 g/mol. The zero-order chi connectivity index (χ0) is 16.4. The van der Waals surface area contributed by atoms with E-state index in [-0.39, 0.29) is 5.56 Å². The third-order valence-corrected chi connectivity index (χ3v) is 4.04. The summed E-state index contributed by atoms with van der Waals surface area (Å²) < 4.78 is 1.67. The average Bonchev–Trinajstić information content (AvgIpc) is 2.54. The molecule has 4 nitrogen and oxygen atoms in total. The van der Waals surface area contributed by atoms with Crippen LogP contribution >= 0.6 is 11.6 Å². The maximum Gasteiger partial charge on any atom is 0.265 e. The first-order valence-corrected chi connectivity index (χ1v) is 8.05. The molecule has 3 aromatic rings. The number of nitrogens with two attached hydrogens (primary N) is 1. The highest BCUT2D eigenvalue weighted by atomic mass is 35.5. The van der Waals surface area contributed by atoms with Crippen molar-refractivity contribution in [1.29, 1.82) is 0 Å². The van der Waals surface area contributed by atoms with E-state index in [2.05, 4.69) is 11.9 Å². The molecule has 0 aliphatic rings. The number of nitrogen functional groups attached to an aromatic ring is 1. The number of hydrogen-bond donors (Lipinski definition) is 1. The van der Waals surface area contributed by atoms with Crippen molar-refractivity contribution in [2.24, 2.45) is 0 Å². The second-order valence-corrected chi connectivity index (χ2v) is 5.96. The van der Waals surface area contributed by atoms with Gasteiger partial charge in [-0.15, -0.1) is 0 Å². The van der Waals surface area contributed by atoms with Crippen LogP contribution in [0.4, 0.5) is 5.69 Å². The minimum atomic E-state index is -0.0810. The Balaban J connectivity index is 2.28. The van der Waals surface area contributed by atoms with Gasteiger partial charge in [0.1, 0.15) is 5.82 Å². The molecule has 0 bridgehead atoms. The second-order valence-electron chi connectivity index (χ2n) is 5.53. The van der Waals surface area contributed by atoms with Crippen LogP contribution in [0.2, 0.25) is 5.02 Å². The number of hydrogen-bond acceptors (Lipinski definition) is 3. The van der Waals surface area contributed by atoms with Crippen LogP contribution < -0.4 is 11.3 Å². The van der Waals surface area contributed by atoms with Gasteiger partial charge in [0, 0.05) is 17.1 Å². The maximum atomic E-state index is 13.0. The molecule has 0 aliphatic heterocycles. The van der Waals surface area contributed by atoms with E-state index in [9.17, 15) is 4.79 Å². The van der Waals surface area contributed by atoms with Crippen molar-refractivity contribution in [3.63, 3.8) is 0 Å². The lowest BCUT2D eigenvalue weighted by atomic mass is 10.2. The lowest BCUT2D eigenvalue weighted by Crippen LogP contribution is -2.24. The van der Waals surface area contributed by atoms with Crippen LogP contribution in [0.1, 0.15) is 25.6 Å². The van der Waals surface area contributed by atoms with Gasteiger partial charge in [0.15, 0.2) is 0 Å². The molecular formula is C18H18ClN3O. The molecule has 0 unspecified atom stereocenters. The van der Waals surface area contributed by atoms with Gasteiger partial charge in [0.2, 0.25) is 0 Å². The van der Waals surface area contributed by atoms with Crippen molar-refractivity contribution in [3.8, 4) is 5.69 Å². The molecule has 0 fully saturated rings. The number of nitrogens with zero attached hydrogens (tertiary/aromatic N) is 2. The Kier molecular flexibility index (Phi) is 4.35. The van der Waals surface area contributed by atoms with Gasteiger partial charge in [0.05, 0.1) is 16.6 Å². The standard InChI is InChI=1S/C18H18ClN3O/c1-2-3-4-17-21-16-11-12(19)5-10-15(16)18(23)22(17)14-8-6-13(20)7-9-14/h5-11H,2-4,20H2,1H3. The van der Waals surface area contributed by atoms with E-state index < -0.39 is 0 Å². The van der Waals surface area contributed by atoms with Gasteiger partial charge in [-0.25, -0.2) is 4.98 Å². The predicted molar refractivity (Wildman–Crippen MR) is 95.4 cm³/mol. The summed E-state index contributed by atoms with van der Waals surface area (Å²) in [7, 11) is 0. The van der Waals surface area contributed by atoms with Crippen molar-refractivity contribution < 1.29 is 0 Å². The molecule has 0 spiro atoms. The molecule has 0 saturated heterocycles. The molecular weight excluding hydrogens is 310 g/mol. The number of aromatic nitrogens is 2. The number of anilines is 1. The Morgan fingerprint density at radius 3 is 2.61 bits per heavy atom. The fourth-order valence-electron chi connectivity index (χ4n) is 2.60. The third-order valence-electron chi connectivity index (χ3n) is 3.81. The van der Waals surface area contributed by atoms with Crippen LogP contribution in [-0.4, -0.2) is 9.55 Å². The first-order chi connectivity index (χ1) is 11.1. The number of fused-ring (bicyclic) bond motifs is 1. The van der Waals surface area contributed by atoms with Gasteiger partial charge in [-0.2, -0.15) is 0 Å². The summed E-state index contributed by atoms with van der Waals surface area (Å²) in [5.41, 5.74) is 7.75. The summed E-state index contributed by atoms with van der Waals surface area (Å²) in [5, 5.41) is 1.14. The Labute approximate surface area is 139 Å². The predicted octanol–water partition coefficient (Wildman–Crippen LogP) is 3.96. The highest BCUT2D eigenvalue weighted by Crippen LogP contribution is 2.19. The summed E-state index contributed by atoms with van der Waals surface area (Å²) in [6, 6.07) is 12.4. The van der Waals surface area contributed by atoms with E-state index >= 15 is 0 Å². The monoisotopic (exact) mass is 327 g/mol. The number of benzene rings is 2. The third kappa shape index (κ3) is 3.08. The molecule has 2 aromatic carbocycles. The van der Waals surface area contributed by atoms with Crippen LogP contribution in [0.15, 0.2) is 47.3 Å². The summed E-state index contributed by atoms with van der Waals surface area (Å²) in [4.78, 5) is 17.6. The lowest BCUT2D eigenvalue weighted by Gasteiger charge is -2.14. The molecule has 0 aliphatic carbocycles. The van der Waals surface area contributed by atoms with Crippen molar-refractivity contribution in [2.45, 2.75) is 26.2 Å². The zero-order valence-electron chi connectivity index (χ0n) is 12.9. The number of rotatable bonds is 4. The maximum absolute atomic E-state index is 13.0. The highest BCUT2D eigenvalue weighted by molar-refractivity contribution is 6.31. The Hall–Kier alpha value is -2.33. The van der Waals surface area contributed by atoms with Crippen molar-refractivity contribution in [2.75, 3.05) is 5.73 Å². The molecule has 1 aromatic heterocycles. The van der Waals surface area contributed by atoms with Crippen LogP contribution in [-0.2, 0) is 6.42 Å². The topological polar surface area (TPSA) is 60.9 Å². The smallest absolute Gasteiger partial charge is 0.265 e. The largest absolute Gasteiger partial charge is 0.399 e. The van der Waals surface area contributed by atoms with Crippen molar-refractivity contribution >= 4 is 28.2 Å². The second kappa shape index (κ2) is 6.42. The normalized spacial score (nSPS) is 11.0. The van der Waals surface area contributed by atoms with Gasteiger partial charge in [0.25, 0.3) is 5.56 Å². The molecule has 1 heterocycles. The molecule has 118 valence electrons. The summed E-state index contributed by atoms with van der Waals surface area (Å²) >= 11 is 6.04. The quantitative estimate of drug-likeness (QED) is 0.738. The molecule has 0 saturated carbocycles. The fourth-order valence-corrected chi connectivity index (χ4v) is 2.76. The number of unbranched alkanes of at least 4 members (excludes halogenated alkanes) is 1. The summed E-state index contributed by atoms with van der Waals surface area (Å²) in [5.74, 6) is 0.747. The van der Waals surface area contributed by atoms with Crippen LogP contribution in [0.3, 0.4) is 0 Å². The lowest BCUT2D eigenvalue weighted by molar-refractivity contribution is 0.720. The van der Waals surface area contributed by atoms with E-state index in [1.54, 1.807) is 34.9 Å². The van der Waals surface area contributed by atoms with Gasteiger partial charge < -0.3 is 5.73 Å². The Bertz CT molecular complexity index is 901. The molecule has 23 heavy (non-hydrogen) atoms. The molecule has 2 N–H and O–H groups in total. The Morgan fingerprint density at radius 1 is 1.17 bits per heavy atom. The SMILES string of the molecule is CCCCc1nc2cc(Cl)ccc2c(=O)n1-c1ccc(N)cc1. The molecule has 3 rings (SSSR count). The van der Waals surface area contributed by atoms with E-state index in [4.69, 9.17) is 17.3 Å². The van der Waals surface area contributed by atoms with E-state index in [1.807, 2.05) is 12.1 Å². The van der Waals surface area contributed by atoms with Gasteiger partial charge in [-0.1, -0.05) is 24.9 Å². The van der Waals surface area contributed by atoms with Crippen molar-refractivity contribution in [1.82, 2.24) is 9.55 Å². The molecule has 0 amide bonds. The van der Waals surface area contributed by atoms with Gasteiger partial charge >= 0.3 is 0 Å². The van der Waals surface area contributed by atoms with Crippen molar-refractivity contribution in [3.05, 3.63) is 63.7 Å². The van der Waals surface area contributed by atoms with Crippen LogP contribution in [0.25, 0.3) is 16.6 Å². The van der Waals surface area contributed by atoms with Gasteiger partial charge in [-0.05, 0) is 48.9 Å². The van der Waals surface area contributed by atoms with E-state index in [1.165, 1.54) is 0 Å². The zero-order valence-corrected chi connectivity index (χ0v) is 13.7. The molecule has 5 heteroatoms. The molecule has 0 radical (unpaired) electrons. The number of aryl methyl sites for hydroxylation is 1. The molecule has 0 atom stereocenters. The number of halogens is 1. The summed E-state index contributed by atoms with van der Waals surface area (Å²) in [6.07, 6.45) is 2.73. The first kappa shape index (κ1) is 15.6. The minimum absolute atomic E-state index is 0.0810. The van der Waals surface area contributed by atoms with Gasteiger partial charge in [-0.3, -0.25) is 9.36 Å². The highest BCUT2D eigenvalue weighted by Gasteiger charge is 2.12. The fraction of sp³-hybridized carbons (Fsp3) is 0.222. The first-order valence-electron chi connectivity index (χ1n) is 7.67. The summed E-state index contributed by atoms with van der Waals surface area (Å²) in [6.45, 7) is 2.11. The van der Waals surface area contributed by atoms with Crippen LogP contribution in [0, 0.1) is 0 Å². The Morgan fingerprint density at radius 2 is 1.91 bits per heavy atom. The van der Waals surface area contributed by atoms with E-state index in [0.717, 1.165) is 30.8 Å². The minimum Gasteiger partial charge on any atom is -0.399 e. The van der Waals surface area contributed by atoms with Crippen LogP contribution in [0.5, 0.6) is 0 Å². The van der Waals surface area contributed by atoms with E-state index in [0.29, 0.717) is 21.6 Å².